The van der Waals surface area contributed by atoms with Gasteiger partial charge in [0.1, 0.15) is 0 Å². The number of hydrogen-bond donors (Lipinski definition) is 1. The van der Waals surface area contributed by atoms with Crippen molar-refractivity contribution in [2.45, 2.75) is 37.3 Å². The van der Waals surface area contributed by atoms with Crippen molar-refractivity contribution in [3.8, 4) is 0 Å². The van der Waals surface area contributed by atoms with E-state index < -0.39 is 0 Å². The van der Waals surface area contributed by atoms with Gasteiger partial charge in [0.15, 0.2) is 0 Å². The average molecular weight is 334 g/mol. The quantitative estimate of drug-likeness (QED) is 0.915. The molecule has 3 aliphatic rings. The topological polar surface area (TPSA) is 32.3 Å². The molecule has 3 heteroatoms. The van der Waals surface area contributed by atoms with E-state index in [2.05, 4.69) is 41.5 Å². The minimum Gasteiger partial charge on any atom is -0.343 e. The number of nitrogens with zero attached hydrogens (tertiary/aromatic N) is 1. The minimum atomic E-state index is 0.0184. The maximum Gasteiger partial charge on any atom is 0.251 e. The van der Waals surface area contributed by atoms with Crippen LogP contribution in [-0.2, 0) is 0 Å². The maximum absolute atomic E-state index is 12.9. The molecule has 1 N–H and O–H groups in total. The second-order valence-electron chi connectivity index (χ2n) is 7.61. The van der Waals surface area contributed by atoms with Crippen LogP contribution in [-0.4, -0.2) is 29.9 Å². The Hall–Kier alpha value is -2.13. The number of likely N-dealkylation sites (N-methyl/N-ethyl adjacent to an activating group) is 1. The summed E-state index contributed by atoms with van der Waals surface area (Å²) in [6, 6.07) is 20.1. The number of piperidine rings is 2. The Labute approximate surface area is 150 Å². The van der Waals surface area contributed by atoms with Crippen LogP contribution in [0.15, 0.2) is 60.7 Å². The Kier molecular flexibility index (Phi) is 4.34. The summed E-state index contributed by atoms with van der Waals surface area (Å²) in [5, 5.41) is 3.39. The van der Waals surface area contributed by atoms with Crippen molar-refractivity contribution < 1.29 is 4.79 Å². The summed E-state index contributed by atoms with van der Waals surface area (Å²) in [5.41, 5.74) is 1.96. The Bertz CT molecular complexity index is 720. The van der Waals surface area contributed by atoms with Gasteiger partial charge in [0.25, 0.3) is 5.91 Å². The lowest BCUT2D eigenvalue weighted by atomic mass is 9.66. The van der Waals surface area contributed by atoms with E-state index in [4.69, 9.17) is 0 Å². The zero-order chi connectivity index (χ0) is 17.3. The first-order valence-corrected chi connectivity index (χ1v) is 9.31. The average Bonchev–Trinajstić information content (AvgIpc) is 2.68. The van der Waals surface area contributed by atoms with Crippen LogP contribution in [0.2, 0.25) is 0 Å². The standard InChI is InChI=1S/C22H26N2O/c1-24-16-17-12-14-22(24,15-13-17)20(18-8-4-2-5-9-18)23-21(25)19-10-6-3-7-11-19/h2-11,17,20H,12-16H2,1H3,(H,23,25). The van der Waals surface area contributed by atoms with Crippen LogP contribution in [0.3, 0.4) is 0 Å². The molecule has 1 saturated carbocycles. The number of benzene rings is 2. The summed E-state index contributed by atoms with van der Waals surface area (Å²) < 4.78 is 0. The van der Waals surface area contributed by atoms with Crippen LogP contribution < -0.4 is 5.32 Å². The number of rotatable bonds is 4. The van der Waals surface area contributed by atoms with Crippen molar-refractivity contribution >= 4 is 5.91 Å². The first-order chi connectivity index (χ1) is 12.2. The molecule has 5 rings (SSSR count). The summed E-state index contributed by atoms with van der Waals surface area (Å²) in [6.07, 6.45) is 4.86. The van der Waals surface area contributed by atoms with Crippen molar-refractivity contribution in [1.29, 1.82) is 0 Å². The predicted molar refractivity (Wildman–Crippen MR) is 100 cm³/mol. The summed E-state index contributed by atoms with van der Waals surface area (Å²) in [4.78, 5) is 15.4. The number of carbonyl (C=O) groups excluding carboxylic acids is 1. The third-order valence-corrected chi connectivity index (χ3v) is 6.24. The fourth-order valence-electron chi connectivity index (χ4n) is 4.80. The molecule has 25 heavy (non-hydrogen) atoms. The highest BCUT2D eigenvalue weighted by Crippen LogP contribution is 2.48. The molecular weight excluding hydrogens is 308 g/mol. The van der Waals surface area contributed by atoms with Gasteiger partial charge in [-0.1, -0.05) is 48.5 Å². The van der Waals surface area contributed by atoms with Crippen LogP contribution in [0.25, 0.3) is 0 Å². The first-order valence-electron chi connectivity index (χ1n) is 9.31. The van der Waals surface area contributed by atoms with Crippen molar-refractivity contribution in [3.05, 3.63) is 71.8 Å². The van der Waals surface area contributed by atoms with Gasteiger partial charge < -0.3 is 5.32 Å². The molecule has 0 radical (unpaired) electrons. The van der Waals surface area contributed by atoms with E-state index in [9.17, 15) is 4.79 Å². The maximum atomic E-state index is 12.9. The van der Waals surface area contributed by atoms with Crippen LogP contribution in [0.1, 0.15) is 47.6 Å². The molecule has 1 aliphatic carbocycles. The highest BCUT2D eigenvalue weighted by Gasteiger charge is 2.50. The molecule has 0 aromatic heterocycles. The molecule has 2 bridgehead atoms. The van der Waals surface area contributed by atoms with E-state index in [0.717, 1.165) is 30.9 Å². The summed E-state index contributed by atoms with van der Waals surface area (Å²) >= 11 is 0. The molecule has 1 atom stereocenters. The number of amides is 1. The Morgan fingerprint density at radius 3 is 2.24 bits per heavy atom. The summed E-state index contributed by atoms with van der Waals surface area (Å²) in [6.45, 7) is 1.14. The highest BCUT2D eigenvalue weighted by atomic mass is 16.1. The minimum absolute atomic E-state index is 0.0184. The van der Waals surface area contributed by atoms with Gasteiger partial charge in [0.05, 0.1) is 6.04 Å². The second-order valence-corrected chi connectivity index (χ2v) is 7.61. The number of hydrogen-bond acceptors (Lipinski definition) is 2. The smallest absolute Gasteiger partial charge is 0.251 e. The van der Waals surface area contributed by atoms with E-state index in [1.54, 1.807) is 0 Å². The molecule has 2 heterocycles. The Morgan fingerprint density at radius 1 is 1.04 bits per heavy atom. The monoisotopic (exact) mass is 334 g/mol. The molecule has 2 aromatic carbocycles. The van der Waals surface area contributed by atoms with Gasteiger partial charge in [-0.2, -0.15) is 0 Å². The molecule has 3 fully saturated rings. The van der Waals surface area contributed by atoms with Crippen LogP contribution in [0, 0.1) is 5.92 Å². The molecule has 1 amide bonds. The van der Waals surface area contributed by atoms with E-state index in [-0.39, 0.29) is 17.5 Å². The third kappa shape index (κ3) is 2.98. The SMILES string of the molecule is CN1CC2CCC1(C(NC(=O)c1ccccc1)c1ccccc1)CC2. The number of fused-ring (bicyclic) bond motifs is 3. The molecule has 1 unspecified atom stereocenters. The first kappa shape index (κ1) is 16.3. The van der Waals surface area contributed by atoms with Crippen LogP contribution >= 0.6 is 0 Å². The van der Waals surface area contributed by atoms with Crippen molar-refractivity contribution in [2.75, 3.05) is 13.6 Å². The van der Waals surface area contributed by atoms with E-state index in [1.807, 2.05) is 36.4 Å². The molecule has 0 spiro atoms. The van der Waals surface area contributed by atoms with Gasteiger partial charge in [-0.15, -0.1) is 0 Å². The van der Waals surface area contributed by atoms with Crippen LogP contribution in [0.4, 0.5) is 0 Å². The lowest BCUT2D eigenvalue weighted by molar-refractivity contribution is -0.0404. The normalized spacial score (nSPS) is 27.0. The Morgan fingerprint density at radius 2 is 1.64 bits per heavy atom. The van der Waals surface area contributed by atoms with E-state index >= 15 is 0 Å². The van der Waals surface area contributed by atoms with Gasteiger partial charge in [-0.05, 0) is 56.3 Å². The second kappa shape index (κ2) is 6.64. The zero-order valence-electron chi connectivity index (χ0n) is 14.8. The van der Waals surface area contributed by atoms with Gasteiger partial charge in [0, 0.05) is 17.6 Å². The van der Waals surface area contributed by atoms with E-state index in [0.29, 0.717) is 0 Å². The lowest BCUT2D eigenvalue weighted by Gasteiger charge is -2.57. The zero-order valence-corrected chi connectivity index (χ0v) is 14.8. The fraction of sp³-hybridized carbons (Fsp3) is 0.409. The van der Waals surface area contributed by atoms with Crippen molar-refractivity contribution in [3.63, 3.8) is 0 Å². The van der Waals surface area contributed by atoms with Crippen molar-refractivity contribution in [1.82, 2.24) is 10.2 Å². The predicted octanol–water partition coefficient (Wildman–Crippen LogP) is 4.03. The largest absolute Gasteiger partial charge is 0.343 e. The van der Waals surface area contributed by atoms with Gasteiger partial charge >= 0.3 is 0 Å². The molecule has 2 aromatic rings. The van der Waals surface area contributed by atoms with Gasteiger partial charge in [-0.3, -0.25) is 9.69 Å². The lowest BCUT2D eigenvalue weighted by Crippen LogP contribution is -2.62. The molecule has 130 valence electrons. The molecule has 2 aliphatic heterocycles. The van der Waals surface area contributed by atoms with Gasteiger partial charge in [0.2, 0.25) is 0 Å². The summed E-state index contributed by atoms with van der Waals surface area (Å²) in [7, 11) is 2.23. The van der Waals surface area contributed by atoms with E-state index in [1.165, 1.54) is 18.4 Å². The van der Waals surface area contributed by atoms with Crippen molar-refractivity contribution in [2.24, 2.45) is 5.92 Å². The number of nitrogens with one attached hydrogen (secondary N) is 1. The fourth-order valence-corrected chi connectivity index (χ4v) is 4.80. The highest BCUT2D eigenvalue weighted by molar-refractivity contribution is 5.94. The molecule has 2 saturated heterocycles. The molecular formula is C22H26N2O. The third-order valence-electron chi connectivity index (χ3n) is 6.24. The van der Waals surface area contributed by atoms with Gasteiger partial charge in [-0.25, -0.2) is 0 Å². The molecule has 3 nitrogen and oxygen atoms in total. The van der Waals surface area contributed by atoms with Crippen LogP contribution in [0.5, 0.6) is 0 Å². The Balaban J connectivity index is 1.69. The number of carbonyl (C=O) groups is 1. The summed E-state index contributed by atoms with van der Waals surface area (Å²) in [5.74, 6) is 0.845.